The second kappa shape index (κ2) is 6.25. The molecule has 1 aromatic carbocycles. The molecule has 1 atom stereocenters. The lowest BCUT2D eigenvalue weighted by molar-refractivity contribution is 0.0963. The summed E-state index contributed by atoms with van der Waals surface area (Å²) in [5, 5.41) is 5.40. The number of aliphatic imine (C=N–C) groups is 1. The van der Waals surface area contributed by atoms with Crippen molar-refractivity contribution in [3.63, 3.8) is 0 Å². The molecule has 0 fully saturated rings. The molecule has 132 valence electrons. The summed E-state index contributed by atoms with van der Waals surface area (Å²) >= 11 is 0. The molecule has 0 spiro atoms. The van der Waals surface area contributed by atoms with Crippen LogP contribution >= 0.6 is 0 Å². The van der Waals surface area contributed by atoms with Crippen molar-refractivity contribution in [3.8, 4) is 0 Å². The summed E-state index contributed by atoms with van der Waals surface area (Å²) < 4.78 is 2.15. The molecule has 2 aliphatic rings. The Morgan fingerprint density at radius 3 is 3.00 bits per heavy atom. The van der Waals surface area contributed by atoms with E-state index in [1.807, 2.05) is 30.4 Å². The fourth-order valence-corrected chi connectivity index (χ4v) is 3.37. The standard InChI is InChI=1S/C19H19N5O2/c1-3-4-17-21-15-9-11(18(25)20-2)5-8-16(15)24(17)12-6-7-13-14(10-12)23-19(26)22-13/h5-10,12H,3-4H2,1-2H3,(H,20,25)(H,23,26). The van der Waals surface area contributed by atoms with E-state index in [0.29, 0.717) is 11.3 Å². The number of hydrogen-bond donors (Lipinski definition) is 2. The van der Waals surface area contributed by atoms with Crippen molar-refractivity contribution >= 4 is 28.7 Å². The Bertz CT molecular complexity index is 1010. The Balaban J connectivity index is 1.82. The highest BCUT2D eigenvalue weighted by molar-refractivity contribution is 6.19. The topological polar surface area (TPSA) is 88.4 Å². The van der Waals surface area contributed by atoms with Gasteiger partial charge in [0, 0.05) is 19.0 Å². The highest BCUT2D eigenvalue weighted by Crippen LogP contribution is 2.28. The molecule has 2 aromatic rings. The second-order valence-electron chi connectivity index (χ2n) is 6.29. The van der Waals surface area contributed by atoms with Crippen LogP contribution in [0, 0.1) is 0 Å². The number of carbonyl (C=O) groups is 2. The third-order valence-electron chi connectivity index (χ3n) is 4.55. The van der Waals surface area contributed by atoms with Crippen molar-refractivity contribution in [1.82, 2.24) is 20.2 Å². The summed E-state index contributed by atoms with van der Waals surface area (Å²) in [7, 11) is 1.61. The van der Waals surface area contributed by atoms with Gasteiger partial charge in [-0.2, -0.15) is 4.99 Å². The Morgan fingerprint density at radius 2 is 2.23 bits per heavy atom. The minimum absolute atomic E-state index is 0.0697. The quantitative estimate of drug-likeness (QED) is 0.889. The summed E-state index contributed by atoms with van der Waals surface area (Å²) in [5.74, 6) is 0.820. The van der Waals surface area contributed by atoms with Gasteiger partial charge in [-0.25, -0.2) is 9.78 Å². The maximum Gasteiger partial charge on any atom is 0.346 e. The summed E-state index contributed by atoms with van der Waals surface area (Å²) in [6.07, 6.45) is 7.64. The monoisotopic (exact) mass is 349 g/mol. The number of aryl methyl sites for hydroxylation is 1. The SMILES string of the molecule is CCCc1nc2cc(C(=O)NC)ccc2n1C1C=CC2=NC(=O)NC2=C1. The average Bonchev–Trinajstić information content (AvgIpc) is 3.18. The third-order valence-corrected chi connectivity index (χ3v) is 4.55. The van der Waals surface area contributed by atoms with E-state index in [0.717, 1.165) is 35.4 Å². The number of nitrogens with zero attached hydrogens (tertiary/aromatic N) is 3. The smallest absolute Gasteiger partial charge is 0.346 e. The molecule has 2 N–H and O–H groups in total. The van der Waals surface area contributed by atoms with Gasteiger partial charge in [0.15, 0.2) is 0 Å². The van der Waals surface area contributed by atoms with Crippen LogP contribution in [-0.4, -0.2) is 34.2 Å². The minimum Gasteiger partial charge on any atom is -0.355 e. The van der Waals surface area contributed by atoms with Crippen LogP contribution in [0.1, 0.15) is 35.6 Å². The molecule has 7 nitrogen and oxygen atoms in total. The van der Waals surface area contributed by atoms with E-state index in [9.17, 15) is 9.59 Å². The van der Waals surface area contributed by atoms with E-state index in [-0.39, 0.29) is 18.0 Å². The number of rotatable bonds is 4. The number of carbonyl (C=O) groups excluding carboxylic acids is 2. The van der Waals surface area contributed by atoms with Gasteiger partial charge in [0.1, 0.15) is 5.82 Å². The molecule has 0 saturated carbocycles. The van der Waals surface area contributed by atoms with Crippen LogP contribution in [-0.2, 0) is 6.42 Å². The number of aromatic nitrogens is 2. The summed E-state index contributed by atoms with van der Waals surface area (Å²) in [4.78, 5) is 32.1. The van der Waals surface area contributed by atoms with Gasteiger partial charge in [-0.3, -0.25) is 4.79 Å². The largest absolute Gasteiger partial charge is 0.355 e. The molecular weight excluding hydrogens is 330 g/mol. The number of allylic oxidation sites excluding steroid dienone is 3. The molecule has 2 heterocycles. The van der Waals surface area contributed by atoms with Crippen LogP contribution in [0.4, 0.5) is 4.79 Å². The Morgan fingerprint density at radius 1 is 1.38 bits per heavy atom. The van der Waals surface area contributed by atoms with Crippen molar-refractivity contribution in [2.45, 2.75) is 25.8 Å². The van der Waals surface area contributed by atoms with Gasteiger partial charge in [-0.15, -0.1) is 0 Å². The van der Waals surface area contributed by atoms with E-state index in [1.54, 1.807) is 13.1 Å². The maximum atomic E-state index is 11.9. The first kappa shape index (κ1) is 16.3. The molecule has 7 heteroatoms. The summed E-state index contributed by atoms with van der Waals surface area (Å²) in [6, 6.07) is 5.14. The predicted octanol–water partition coefficient (Wildman–Crippen LogP) is 2.51. The molecule has 0 radical (unpaired) electrons. The minimum atomic E-state index is -0.337. The first-order valence-electron chi connectivity index (χ1n) is 8.63. The van der Waals surface area contributed by atoms with Crippen LogP contribution in [0.15, 0.2) is 47.1 Å². The Hall–Kier alpha value is -3.22. The number of fused-ring (bicyclic) bond motifs is 2. The lowest BCUT2D eigenvalue weighted by Gasteiger charge is -2.19. The molecule has 1 unspecified atom stereocenters. The average molecular weight is 349 g/mol. The molecule has 4 rings (SSSR count). The van der Waals surface area contributed by atoms with Gasteiger partial charge in [0.25, 0.3) is 5.91 Å². The predicted molar refractivity (Wildman–Crippen MR) is 99.3 cm³/mol. The van der Waals surface area contributed by atoms with Crippen molar-refractivity contribution in [2.24, 2.45) is 4.99 Å². The zero-order valence-corrected chi connectivity index (χ0v) is 14.6. The normalized spacial score (nSPS) is 18.4. The highest BCUT2D eigenvalue weighted by Gasteiger charge is 2.25. The van der Waals surface area contributed by atoms with E-state index in [1.165, 1.54) is 0 Å². The lowest BCUT2D eigenvalue weighted by Crippen LogP contribution is -2.20. The number of nitrogens with one attached hydrogen (secondary N) is 2. The molecule has 3 amide bonds. The zero-order chi connectivity index (χ0) is 18.3. The summed E-state index contributed by atoms with van der Waals surface area (Å²) in [5.41, 5.74) is 3.72. The molecule has 26 heavy (non-hydrogen) atoms. The van der Waals surface area contributed by atoms with E-state index in [4.69, 9.17) is 4.98 Å². The van der Waals surface area contributed by atoms with Gasteiger partial charge < -0.3 is 15.2 Å². The maximum absolute atomic E-state index is 11.9. The molecule has 0 saturated heterocycles. The van der Waals surface area contributed by atoms with Gasteiger partial charge in [0.2, 0.25) is 0 Å². The van der Waals surface area contributed by atoms with Crippen LogP contribution in [0.2, 0.25) is 0 Å². The van der Waals surface area contributed by atoms with Crippen LogP contribution in [0.3, 0.4) is 0 Å². The van der Waals surface area contributed by atoms with Crippen molar-refractivity contribution in [1.29, 1.82) is 0 Å². The molecule has 1 aliphatic carbocycles. The zero-order valence-electron chi connectivity index (χ0n) is 14.6. The number of amides is 3. The van der Waals surface area contributed by atoms with Crippen LogP contribution < -0.4 is 10.6 Å². The third kappa shape index (κ3) is 2.61. The second-order valence-corrected chi connectivity index (χ2v) is 6.29. The van der Waals surface area contributed by atoms with Crippen LogP contribution in [0.5, 0.6) is 0 Å². The van der Waals surface area contributed by atoms with Crippen molar-refractivity contribution < 1.29 is 9.59 Å². The van der Waals surface area contributed by atoms with Crippen molar-refractivity contribution in [2.75, 3.05) is 7.05 Å². The van der Waals surface area contributed by atoms with Crippen LogP contribution in [0.25, 0.3) is 11.0 Å². The van der Waals surface area contributed by atoms with E-state index >= 15 is 0 Å². The molecule has 0 bridgehead atoms. The van der Waals surface area contributed by atoms with E-state index in [2.05, 4.69) is 27.1 Å². The van der Waals surface area contributed by atoms with Crippen molar-refractivity contribution in [3.05, 3.63) is 53.5 Å². The Kier molecular flexibility index (Phi) is 3.91. The van der Waals surface area contributed by atoms with Gasteiger partial charge in [-0.05, 0) is 36.8 Å². The highest BCUT2D eigenvalue weighted by atomic mass is 16.2. The fraction of sp³-hybridized carbons (Fsp3) is 0.263. The van der Waals surface area contributed by atoms with Gasteiger partial charge in [-0.1, -0.05) is 13.0 Å². The van der Waals surface area contributed by atoms with E-state index < -0.39 is 0 Å². The Labute approximate surface area is 150 Å². The van der Waals surface area contributed by atoms with Gasteiger partial charge >= 0.3 is 6.03 Å². The molecule has 1 aliphatic heterocycles. The van der Waals surface area contributed by atoms with Gasteiger partial charge in [0.05, 0.1) is 28.5 Å². The fourth-order valence-electron chi connectivity index (χ4n) is 3.37. The summed E-state index contributed by atoms with van der Waals surface area (Å²) in [6.45, 7) is 2.11. The first-order valence-corrected chi connectivity index (χ1v) is 8.63. The molecule has 1 aromatic heterocycles. The number of hydrogen-bond acceptors (Lipinski definition) is 3. The number of imidazole rings is 1. The lowest BCUT2D eigenvalue weighted by atomic mass is 10.1. The number of urea groups is 1. The number of benzene rings is 1. The first-order chi connectivity index (χ1) is 12.6. The molecular formula is C19H19N5O2.